The van der Waals surface area contributed by atoms with Crippen LogP contribution in [0.15, 0.2) is 16.9 Å². The summed E-state index contributed by atoms with van der Waals surface area (Å²) in [6.07, 6.45) is -0.564. The van der Waals surface area contributed by atoms with Crippen molar-refractivity contribution >= 4 is 5.65 Å². The lowest BCUT2D eigenvalue weighted by Gasteiger charge is -1.97. The van der Waals surface area contributed by atoms with Crippen LogP contribution in [0.25, 0.3) is 5.65 Å². The normalized spacial score (nSPS) is 16.2. The topological polar surface area (TPSA) is 50.2 Å². The summed E-state index contributed by atoms with van der Waals surface area (Å²) in [6, 6.07) is 2.18. The molecule has 0 aliphatic heterocycles. The second-order valence-electron chi connectivity index (χ2n) is 4.00. The van der Waals surface area contributed by atoms with E-state index in [4.69, 9.17) is 0 Å². The van der Waals surface area contributed by atoms with Crippen LogP contribution >= 0.6 is 0 Å². The Labute approximate surface area is 88.9 Å². The van der Waals surface area contributed by atoms with Gasteiger partial charge in [0.25, 0.3) is 12.0 Å². The fourth-order valence-electron chi connectivity index (χ4n) is 1.70. The van der Waals surface area contributed by atoms with Crippen LogP contribution in [0.2, 0.25) is 0 Å². The Morgan fingerprint density at radius 3 is 2.81 bits per heavy atom. The second-order valence-corrected chi connectivity index (χ2v) is 4.00. The van der Waals surface area contributed by atoms with E-state index in [1.807, 2.05) is 0 Å². The van der Waals surface area contributed by atoms with Crippen molar-refractivity contribution in [3.8, 4) is 0 Å². The number of hydrogen-bond donors (Lipinski definition) is 1. The summed E-state index contributed by atoms with van der Waals surface area (Å²) in [5.41, 5.74) is -0.504. The third kappa shape index (κ3) is 1.41. The molecule has 6 heteroatoms. The van der Waals surface area contributed by atoms with Gasteiger partial charge in [0.1, 0.15) is 5.82 Å². The summed E-state index contributed by atoms with van der Waals surface area (Å²) in [5.74, 6) is 1.07. The van der Waals surface area contributed by atoms with Crippen LogP contribution in [-0.2, 0) is 0 Å². The van der Waals surface area contributed by atoms with Gasteiger partial charge in [0.05, 0.1) is 0 Å². The molecule has 0 radical (unpaired) electrons. The predicted octanol–water partition coefficient (Wildman–Crippen LogP) is 1.84. The molecular weight excluding hydrogens is 216 g/mol. The van der Waals surface area contributed by atoms with E-state index in [0.717, 1.165) is 18.9 Å². The van der Waals surface area contributed by atoms with E-state index < -0.39 is 12.0 Å². The van der Waals surface area contributed by atoms with Crippen LogP contribution in [0.4, 0.5) is 8.78 Å². The number of rotatable bonds is 2. The average Bonchev–Trinajstić information content (AvgIpc) is 2.98. The van der Waals surface area contributed by atoms with Gasteiger partial charge >= 0.3 is 0 Å². The Morgan fingerprint density at radius 2 is 2.19 bits per heavy atom. The van der Waals surface area contributed by atoms with E-state index >= 15 is 0 Å². The Balaban J connectivity index is 2.21. The minimum absolute atomic E-state index is 0.268. The Bertz CT molecular complexity index is 598. The number of halogens is 2. The molecule has 1 aliphatic rings. The first kappa shape index (κ1) is 9.50. The molecule has 4 nitrogen and oxygen atoms in total. The smallest absolute Gasteiger partial charge is 0.271 e. The molecule has 2 aromatic rings. The molecular formula is C10H9F2N3O. The third-order valence-corrected chi connectivity index (χ3v) is 2.71. The molecule has 1 saturated carbocycles. The highest BCUT2D eigenvalue weighted by Gasteiger charge is 2.27. The van der Waals surface area contributed by atoms with Crippen molar-refractivity contribution in [1.82, 2.24) is 14.6 Å². The standard InChI is InChI=1S/C10H9F2N3O/c11-9(12)6-3-7-13-10(5-1-2-5)14-15(7)8(16)4-6/h3-5,9H,1-2H2,(H,13,14). The molecule has 0 spiro atoms. The summed E-state index contributed by atoms with van der Waals surface area (Å²) in [5, 5.41) is 2.84. The summed E-state index contributed by atoms with van der Waals surface area (Å²) in [7, 11) is 0. The van der Waals surface area contributed by atoms with Gasteiger partial charge in [0.2, 0.25) is 0 Å². The van der Waals surface area contributed by atoms with Gasteiger partial charge < -0.3 is 0 Å². The fourth-order valence-corrected chi connectivity index (χ4v) is 1.70. The summed E-state index contributed by atoms with van der Waals surface area (Å²) >= 11 is 0. The molecule has 2 aromatic heterocycles. The Kier molecular flexibility index (Phi) is 1.86. The van der Waals surface area contributed by atoms with Crippen molar-refractivity contribution in [1.29, 1.82) is 0 Å². The van der Waals surface area contributed by atoms with Gasteiger partial charge in [-0.3, -0.25) is 9.89 Å². The number of nitrogens with one attached hydrogen (secondary N) is 1. The van der Waals surface area contributed by atoms with Gasteiger partial charge in [0.15, 0.2) is 5.65 Å². The maximum atomic E-state index is 12.5. The molecule has 0 atom stereocenters. The van der Waals surface area contributed by atoms with Gasteiger partial charge in [-0.1, -0.05) is 0 Å². The maximum Gasteiger partial charge on any atom is 0.271 e. The zero-order chi connectivity index (χ0) is 11.3. The minimum Gasteiger partial charge on any atom is -0.276 e. The quantitative estimate of drug-likeness (QED) is 0.847. The van der Waals surface area contributed by atoms with E-state index in [1.165, 1.54) is 10.6 Å². The van der Waals surface area contributed by atoms with Crippen molar-refractivity contribution in [3.63, 3.8) is 0 Å². The number of fused-ring (bicyclic) bond motifs is 1. The minimum atomic E-state index is -2.64. The van der Waals surface area contributed by atoms with Crippen LogP contribution in [0.3, 0.4) is 0 Å². The number of alkyl halides is 2. The van der Waals surface area contributed by atoms with Crippen LogP contribution in [-0.4, -0.2) is 14.6 Å². The van der Waals surface area contributed by atoms with Gasteiger partial charge in [-0.2, -0.15) is 0 Å². The number of nitrogens with zero attached hydrogens (tertiary/aromatic N) is 2. The van der Waals surface area contributed by atoms with Crippen molar-refractivity contribution in [2.45, 2.75) is 25.2 Å². The summed E-state index contributed by atoms with van der Waals surface area (Å²) < 4.78 is 26.1. The number of aromatic nitrogens is 3. The average molecular weight is 225 g/mol. The lowest BCUT2D eigenvalue weighted by molar-refractivity contribution is 0.151. The molecule has 1 aliphatic carbocycles. The number of hydrogen-bond acceptors (Lipinski definition) is 2. The first-order valence-corrected chi connectivity index (χ1v) is 5.06. The van der Waals surface area contributed by atoms with Gasteiger partial charge in [0, 0.05) is 17.5 Å². The highest BCUT2D eigenvalue weighted by Crippen LogP contribution is 2.38. The second kappa shape index (κ2) is 3.13. The van der Waals surface area contributed by atoms with Crippen molar-refractivity contribution in [3.05, 3.63) is 33.9 Å². The fraction of sp³-hybridized carbons (Fsp3) is 0.400. The van der Waals surface area contributed by atoms with E-state index in [9.17, 15) is 13.6 Å². The highest BCUT2D eigenvalue weighted by molar-refractivity contribution is 5.41. The molecule has 2 heterocycles. The largest absolute Gasteiger partial charge is 0.276 e. The zero-order valence-corrected chi connectivity index (χ0v) is 8.28. The molecule has 0 aromatic carbocycles. The SMILES string of the molecule is O=c1cc(C(F)F)cc2nc(C3CC3)[nH]n12. The third-order valence-electron chi connectivity index (χ3n) is 2.71. The van der Waals surface area contributed by atoms with Crippen LogP contribution in [0.5, 0.6) is 0 Å². The molecule has 0 unspecified atom stereocenters. The Morgan fingerprint density at radius 1 is 1.44 bits per heavy atom. The zero-order valence-electron chi connectivity index (χ0n) is 8.28. The summed E-state index contributed by atoms with van der Waals surface area (Å²) in [4.78, 5) is 15.7. The molecule has 3 rings (SSSR count). The number of pyridine rings is 1. The van der Waals surface area contributed by atoms with E-state index in [-0.39, 0.29) is 11.2 Å². The van der Waals surface area contributed by atoms with Gasteiger partial charge in [-0.15, -0.1) is 0 Å². The molecule has 0 bridgehead atoms. The molecule has 84 valence electrons. The predicted molar refractivity (Wildman–Crippen MR) is 52.7 cm³/mol. The van der Waals surface area contributed by atoms with Crippen LogP contribution < -0.4 is 5.56 Å². The number of aromatic amines is 1. The molecule has 0 amide bonds. The monoisotopic (exact) mass is 225 g/mol. The molecule has 0 saturated heterocycles. The first-order valence-electron chi connectivity index (χ1n) is 5.06. The van der Waals surface area contributed by atoms with Crippen LogP contribution in [0.1, 0.15) is 36.6 Å². The number of H-pyrrole nitrogens is 1. The first-order chi connectivity index (χ1) is 7.65. The van der Waals surface area contributed by atoms with Crippen molar-refractivity contribution in [2.75, 3.05) is 0 Å². The van der Waals surface area contributed by atoms with E-state index in [2.05, 4.69) is 10.1 Å². The lowest BCUT2D eigenvalue weighted by Crippen LogP contribution is -2.13. The van der Waals surface area contributed by atoms with Gasteiger partial charge in [-0.25, -0.2) is 18.3 Å². The molecule has 1 fully saturated rings. The molecule has 16 heavy (non-hydrogen) atoms. The summed E-state index contributed by atoms with van der Waals surface area (Å²) in [6.45, 7) is 0. The molecule has 1 N–H and O–H groups in total. The maximum absolute atomic E-state index is 12.5. The Hall–Kier alpha value is -1.72. The van der Waals surface area contributed by atoms with Gasteiger partial charge in [-0.05, 0) is 18.9 Å². The van der Waals surface area contributed by atoms with Crippen LogP contribution in [0, 0.1) is 0 Å². The van der Waals surface area contributed by atoms with Crippen molar-refractivity contribution in [2.24, 2.45) is 0 Å². The van der Waals surface area contributed by atoms with E-state index in [0.29, 0.717) is 11.7 Å². The lowest BCUT2D eigenvalue weighted by atomic mass is 10.3. The van der Waals surface area contributed by atoms with Crippen molar-refractivity contribution < 1.29 is 8.78 Å². The van der Waals surface area contributed by atoms with E-state index in [1.54, 1.807) is 0 Å². The highest BCUT2D eigenvalue weighted by atomic mass is 19.3.